The largest absolute Gasteiger partial charge is 0.508 e. The molecule has 21 heavy (non-hydrogen) atoms. The Morgan fingerprint density at radius 3 is 2.71 bits per heavy atom. The van der Waals surface area contributed by atoms with Gasteiger partial charge in [-0.15, -0.1) is 0 Å². The van der Waals surface area contributed by atoms with Gasteiger partial charge in [-0.2, -0.15) is 0 Å². The Hall–Kier alpha value is -2.88. The van der Waals surface area contributed by atoms with Crippen molar-refractivity contribution < 1.29 is 9.90 Å². The molecule has 0 saturated carbocycles. The van der Waals surface area contributed by atoms with Crippen LogP contribution in [0.1, 0.15) is 5.56 Å². The minimum atomic E-state index is -0.186. The number of anilines is 1. The van der Waals surface area contributed by atoms with Crippen molar-refractivity contribution in [3.05, 3.63) is 66.4 Å². The van der Waals surface area contributed by atoms with Gasteiger partial charge in [-0.1, -0.05) is 36.4 Å². The molecule has 0 radical (unpaired) electrons. The van der Waals surface area contributed by atoms with Crippen molar-refractivity contribution in [2.24, 2.45) is 0 Å². The maximum atomic E-state index is 12.0. The van der Waals surface area contributed by atoms with E-state index in [1.165, 1.54) is 0 Å². The second kappa shape index (κ2) is 5.63. The number of carbonyl (C=O) groups excluding carboxylic acids is 1. The highest BCUT2D eigenvalue weighted by Gasteiger charge is 2.08. The van der Waals surface area contributed by atoms with E-state index in [4.69, 9.17) is 0 Å². The molecule has 104 valence electrons. The van der Waals surface area contributed by atoms with E-state index in [0.29, 0.717) is 11.3 Å². The van der Waals surface area contributed by atoms with Crippen molar-refractivity contribution in [2.75, 3.05) is 5.32 Å². The lowest BCUT2D eigenvalue weighted by Gasteiger charge is -2.07. The van der Waals surface area contributed by atoms with Gasteiger partial charge in [0.2, 0.25) is 5.91 Å². The normalized spacial score (nSPS) is 10.5. The number of hydrogen-bond acceptors (Lipinski definition) is 3. The van der Waals surface area contributed by atoms with Crippen LogP contribution in [0.5, 0.6) is 5.75 Å². The number of aromatic hydroxyl groups is 1. The smallest absolute Gasteiger partial charge is 0.228 e. The van der Waals surface area contributed by atoms with Gasteiger partial charge in [-0.05, 0) is 18.2 Å². The SMILES string of the molecule is O=C(Cc1ccccc1O)Nc1cnc2ccccc2c1. The molecule has 0 atom stereocenters. The lowest BCUT2D eigenvalue weighted by atomic mass is 10.1. The van der Waals surface area contributed by atoms with E-state index in [9.17, 15) is 9.90 Å². The number of pyridine rings is 1. The highest BCUT2D eigenvalue weighted by atomic mass is 16.3. The summed E-state index contributed by atoms with van der Waals surface area (Å²) in [7, 11) is 0. The molecule has 3 aromatic rings. The van der Waals surface area contributed by atoms with Crippen LogP contribution < -0.4 is 5.32 Å². The standard InChI is InChI=1S/C17H14N2O2/c20-16-8-4-2-6-13(16)10-17(21)19-14-9-12-5-1-3-7-15(12)18-11-14/h1-9,11,20H,10H2,(H,19,21). The van der Waals surface area contributed by atoms with Crippen LogP contribution in [-0.4, -0.2) is 16.0 Å². The Bertz CT molecular complexity index is 799. The molecule has 1 heterocycles. The zero-order valence-corrected chi connectivity index (χ0v) is 11.3. The molecule has 0 fully saturated rings. The molecular formula is C17H14N2O2. The zero-order chi connectivity index (χ0) is 14.7. The van der Waals surface area contributed by atoms with E-state index in [1.54, 1.807) is 30.5 Å². The first kappa shape index (κ1) is 13.1. The van der Waals surface area contributed by atoms with Crippen LogP contribution in [0.4, 0.5) is 5.69 Å². The van der Waals surface area contributed by atoms with Crippen molar-refractivity contribution in [3.8, 4) is 5.75 Å². The third kappa shape index (κ3) is 3.00. The van der Waals surface area contributed by atoms with Crippen LogP contribution in [0.3, 0.4) is 0 Å². The van der Waals surface area contributed by atoms with Gasteiger partial charge in [0, 0.05) is 10.9 Å². The van der Waals surface area contributed by atoms with Crippen LogP contribution in [-0.2, 0) is 11.2 Å². The number of nitrogens with zero attached hydrogens (tertiary/aromatic N) is 1. The summed E-state index contributed by atoms with van der Waals surface area (Å²) in [5, 5.41) is 13.4. The molecule has 1 aromatic heterocycles. The number of aromatic nitrogens is 1. The lowest BCUT2D eigenvalue weighted by Crippen LogP contribution is -2.14. The first-order chi connectivity index (χ1) is 10.2. The van der Waals surface area contributed by atoms with Crippen LogP contribution in [0.15, 0.2) is 60.8 Å². The molecule has 0 saturated heterocycles. The highest BCUT2D eigenvalue weighted by molar-refractivity contribution is 5.94. The minimum Gasteiger partial charge on any atom is -0.508 e. The van der Waals surface area contributed by atoms with Crippen molar-refractivity contribution in [1.29, 1.82) is 0 Å². The van der Waals surface area contributed by atoms with Crippen LogP contribution in [0.25, 0.3) is 10.9 Å². The molecule has 2 aromatic carbocycles. The lowest BCUT2D eigenvalue weighted by molar-refractivity contribution is -0.115. The Morgan fingerprint density at radius 2 is 1.86 bits per heavy atom. The van der Waals surface area contributed by atoms with E-state index in [-0.39, 0.29) is 18.1 Å². The number of phenols is 1. The molecule has 0 aliphatic carbocycles. The number of rotatable bonds is 3. The van der Waals surface area contributed by atoms with Crippen molar-refractivity contribution in [2.45, 2.75) is 6.42 Å². The molecule has 0 aliphatic rings. The summed E-state index contributed by atoms with van der Waals surface area (Å²) < 4.78 is 0. The van der Waals surface area contributed by atoms with Crippen molar-refractivity contribution in [3.63, 3.8) is 0 Å². The number of phenolic OH excluding ortho intramolecular Hbond substituents is 1. The van der Waals surface area contributed by atoms with E-state index >= 15 is 0 Å². The van der Waals surface area contributed by atoms with Crippen LogP contribution >= 0.6 is 0 Å². The summed E-state index contributed by atoms with van der Waals surface area (Å²) >= 11 is 0. The molecule has 4 nitrogen and oxygen atoms in total. The van der Waals surface area contributed by atoms with E-state index in [2.05, 4.69) is 10.3 Å². The zero-order valence-electron chi connectivity index (χ0n) is 11.3. The van der Waals surface area contributed by atoms with Gasteiger partial charge in [-0.3, -0.25) is 9.78 Å². The number of benzene rings is 2. The molecule has 1 amide bonds. The fourth-order valence-electron chi connectivity index (χ4n) is 2.18. The van der Waals surface area contributed by atoms with Gasteiger partial charge in [0.05, 0.1) is 23.8 Å². The first-order valence-electron chi connectivity index (χ1n) is 6.64. The number of fused-ring (bicyclic) bond motifs is 1. The highest BCUT2D eigenvalue weighted by Crippen LogP contribution is 2.18. The minimum absolute atomic E-state index is 0.125. The predicted molar refractivity (Wildman–Crippen MR) is 82.2 cm³/mol. The fourth-order valence-corrected chi connectivity index (χ4v) is 2.18. The molecule has 4 heteroatoms. The fraction of sp³-hybridized carbons (Fsp3) is 0.0588. The monoisotopic (exact) mass is 278 g/mol. The molecule has 0 spiro atoms. The Balaban J connectivity index is 1.75. The summed E-state index contributed by atoms with van der Waals surface area (Å²) in [5.74, 6) is -0.0575. The number of hydrogen-bond donors (Lipinski definition) is 2. The number of nitrogens with one attached hydrogen (secondary N) is 1. The summed E-state index contributed by atoms with van der Waals surface area (Å²) in [6.45, 7) is 0. The van der Waals surface area contributed by atoms with Gasteiger partial charge >= 0.3 is 0 Å². The quantitative estimate of drug-likeness (QED) is 0.773. The average molecular weight is 278 g/mol. The maximum Gasteiger partial charge on any atom is 0.228 e. The molecule has 3 rings (SSSR count). The van der Waals surface area contributed by atoms with E-state index in [1.807, 2.05) is 30.3 Å². The summed E-state index contributed by atoms with van der Waals surface area (Å²) in [5.41, 5.74) is 2.13. The third-order valence-corrected chi connectivity index (χ3v) is 3.22. The van der Waals surface area contributed by atoms with Crippen LogP contribution in [0.2, 0.25) is 0 Å². The average Bonchev–Trinajstić information content (AvgIpc) is 2.49. The topological polar surface area (TPSA) is 62.2 Å². The van der Waals surface area contributed by atoms with Gasteiger partial charge in [0.15, 0.2) is 0 Å². The summed E-state index contributed by atoms with van der Waals surface area (Å²) in [4.78, 5) is 16.3. The maximum absolute atomic E-state index is 12.0. The van der Waals surface area contributed by atoms with E-state index in [0.717, 1.165) is 10.9 Å². The van der Waals surface area contributed by atoms with Crippen molar-refractivity contribution in [1.82, 2.24) is 4.98 Å². The Morgan fingerprint density at radius 1 is 1.10 bits per heavy atom. The molecule has 0 aliphatic heterocycles. The van der Waals surface area contributed by atoms with Gasteiger partial charge < -0.3 is 10.4 Å². The molecule has 0 bridgehead atoms. The first-order valence-corrected chi connectivity index (χ1v) is 6.64. The molecular weight excluding hydrogens is 264 g/mol. The Kier molecular flexibility index (Phi) is 3.51. The summed E-state index contributed by atoms with van der Waals surface area (Å²) in [6.07, 6.45) is 1.75. The second-order valence-electron chi connectivity index (χ2n) is 4.77. The van der Waals surface area contributed by atoms with Gasteiger partial charge in [0.25, 0.3) is 0 Å². The van der Waals surface area contributed by atoms with E-state index < -0.39 is 0 Å². The molecule has 2 N–H and O–H groups in total. The number of carbonyl (C=O) groups is 1. The number of para-hydroxylation sites is 2. The Labute approximate surface area is 122 Å². The van der Waals surface area contributed by atoms with Crippen LogP contribution in [0, 0.1) is 0 Å². The molecule has 0 unspecified atom stereocenters. The third-order valence-electron chi connectivity index (χ3n) is 3.22. The van der Waals surface area contributed by atoms with Gasteiger partial charge in [-0.25, -0.2) is 0 Å². The second-order valence-corrected chi connectivity index (χ2v) is 4.77. The summed E-state index contributed by atoms with van der Waals surface area (Å²) in [6, 6.07) is 16.4. The van der Waals surface area contributed by atoms with Crippen molar-refractivity contribution >= 4 is 22.5 Å². The van der Waals surface area contributed by atoms with Gasteiger partial charge in [0.1, 0.15) is 5.75 Å². The number of amides is 1. The predicted octanol–water partition coefficient (Wildman–Crippen LogP) is 3.12.